The molecule has 1 heterocycles. The number of hydrogen-bond acceptors (Lipinski definition) is 5. The van der Waals surface area contributed by atoms with E-state index in [0.717, 1.165) is 9.77 Å². The van der Waals surface area contributed by atoms with Crippen molar-refractivity contribution < 1.29 is 14.3 Å². The fraction of sp³-hybridized carbons (Fsp3) is 0.294. The minimum atomic E-state index is -0.353. The first-order valence-corrected chi connectivity index (χ1v) is 8.98. The highest BCUT2D eigenvalue weighted by Crippen LogP contribution is 2.26. The normalized spacial score (nSPS) is 13.1. The Morgan fingerprint density at radius 1 is 1.22 bits per heavy atom. The zero-order valence-electron chi connectivity index (χ0n) is 13.0. The van der Waals surface area contributed by atoms with E-state index in [2.05, 4.69) is 5.32 Å². The second-order valence-electron chi connectivity index (χ2n) is 4.93. The van der Waals surface area contributed by atoms with Gasteiger partial charge < -0.3 is 10.1 Å². The molecule has 23 heavy (non-hydrogen) atoms. The number of nitrogens with one attached hydrogen (secondary N) is 1. The smallest absolute Gasteiger partial charge is 0.307 e. The zero-order chi connectivity index (χ0) is 16.7. The van der Waals surface area contributed by atoms with Gasteiger partial charge in [0.1, 0.15) is 0 Å². The number of benzene rings is 1. The highest BCUT2D eigenvalue weighted by atomic mass is 32.2. The standard InChI is InChI=1S/C17H19NO3S2/c1-12(23-13-7-4-3-5-8-13)17(20)18-14(11-16(19)21-2)15-9-6-10-22-15/h3-10,12,14H,11H2,1-2H3,(H,18,20). The van der Waals surface area contributed by atoms with Crippen molar-refractivity contribution in [2.24, 2.45) is 0 Å². The van der Waals surface area contributed by atoms with Gasteiger partial charge in [0.2, 0.25) is 5.91 Å². The molecule has 0 fully saturated rings. The summed E-state index contributed by atoms with van der Waals surface area (Å²) in [5.41, 5.74) is 0. The van der Waals surface area contributed by atoms with Crippen molar-refractivity contribution in [3.05, 3.63) is 52.7 Å². The largest absolute Gasteiger partial charge is 0.469 e. The van der Waals surface area contributed by atoms with Crippen molar-refractivity contribution in [2.75, 3.05) is 7.11 Å². The molecule has 0 saturated carbocycles. The molecule has 0 saturated heterocycles. The number of thiophene rings is 1. The van der Waals surface area contributed by atoms with Gasteiger partial charge in [-0.05, 0) is 30.5 Å². The molecule has 2 atom stereocenters. The summed E-state index contributed by atoms with van der Waals surface area (Å²) in [6.07, 6.45) is 0.130. The predicted octanol–water partition coefficient (Wildman–Crippen LogP) is 3.65. The molecule has 1 aromatic carbocycles. The van der Waals surface area contributed by atoms with E-state index in [4.69, 9.17) is 4.74 Å². The van der Waals surface area contributed by atoms with Crippen LogP contribution in [0.4, 0.5) is 0 Å². The third kappa shape index (κ3) is 5.41. The topological polar surface area (TPSA) is 55.4 Å². The maximum Gasteiger partial charge on any atom is 0.307 e. The fourth-order valence-electron chi connectivity index (χ4n) is 2.01. The van der Waals surface area contributed by atoms with Gasteiger partial charge in [-0.1, -0.05) is 24.3 Å². The summed E-state index contributed by atoms with van der Waals surface area (Å²) in [5, 5.41) is 4.63. The first-order valence-electron chi connectivity index (χ1n) is 7.22. The third-order valence-corrected chi connectivity index (χ3v) is 5.32. The van der Waals surface area contributed by atoms with Crippen LogP contribution in [0.3, 0.4) is 0 Å². The van der Waals surface area contributed by atoms with Crippen molar-refractivity contribution in [3.8, 4) is 0 Å². The lowest BCUT2D eigenvalue weighted by Crippen LogP contribution is -2.35. The number of ether oxygens (including phenoxy) is 1. The summed E-state index contributed by atoms with van der Waals surface area (Å²) < 4.78 is 4.73. The van der Waals surface area contributed by atoms with Crippen LogP contribution >= 0.6 is 23.1 Å². The molecule has 2 aromatic rings. The average Bonchev–Trinajstić information content (AvgIpc) is 3.09. The quantitative estimate of drug-likeness (QED) is 0.612. The van der Waals surface area contributed by atoms with Gasteiger partial charge in [-0.3, -0.25) is 9.59 Å². The Kier molecular flexibility index (Phi) is 6.67. The van der Waals surface area contributed by atoms with Crippen LogP contribution in [-0.2, 0) is 14.3 Å². The van der Waals surface area contributed by atoms with Crippen LogP contribution in [0.15, 0.2) is 52.7 Å². The highest BCUT2D eigenvalue weighted by molar-refractivity contribution is 8.00. The molecular formula is C17H19NO3S2. The van der Waals surface area contributed by atoms with E-state index in [1.54, 1.807) is 0 Å². The van der Waals surface area contributed by atoms with E-state index in [1.807, 2.05) is 54.8 Å². The molecule has 6 heteroatoms. The summed E-state index contributed by atoms with van der Waals surface area (Å²) in [6, 6.07) is 13.2. The molecule has 1 N–H and O–H groups in total. The van der Waals surface area contributed by atoms with E-state index >= 15 is 0 Å². The summed E-state index contributed by atoms with van der Waals surface area (Å²) in [7, 11) is 1.35. The van der Waals surface area contributed by atoms with Gasteiger partial charge in [-0.25, -0.2) is 0 Å². The van der Waals surface area contributed by atoms with E-state index in [9.17, 15) is 9.59 Å². The number of carbonyl (C=O) groups is 2. The van der Waals surface area contributed by atoms with E-state index in [0.29, 0.717) is 0 Å². The van der Waals surface area contributed by atoms with Crippen molar-refractivity contribution in [1.82, 2.24) is 5.32 Å². The number of methoxy groups -OCH3 is 1. The predicted molar refractivity (Wildman–Crippen MR) is 93.6 cm³/mol. The molecule has 1 amide bonds. The first-order chi connectivity index (χ1) is 11.1. The summed E-state index contributed by atoms with van der Waals surface area (Å²) >= 11 is 3.00. The maximum absolute atomic E-state index is 12.4. The Labute approximate surface area is 144 Å². The molecule has 4 nitrogen and oxygen atoms in total. The first kappa shape index (κ1) is 17.6. The number of esters is 1. The van der Waals surface area contributed by atoms with Gasteiger partial charge in [0, 0.05) is 9.77 Å². The molecule has 0 bridgehead atoms. The Bertz CT molecular complexity index is 629. The number of amides is 1. The molecule has 0 aliphatic heterocycles. The minimum Gasteiger partial charge on any atom is -0.469 e. The van der Waals surface area contributed by atoms with E-state index in [1.165, 1.54) is 30.2 Å². The van der Waals surface area contributed by atoms with Gasteiger partial charge in [-0.15, -0.1) is 23.1 Å². The van der Waals surface area contributed by atoms with Crippen LogP contribution in [0.5, 0.6) is 0 Å². The third-order valence-electron chi connectivity index (χ3n) is 3.23. The minimum absolute atomic E-state index is 0.0962. The average molecular weight is 349 g/mol. The molecule has 0 radical (unpaired) electrons. The Morgan fingerprint density at radius 3 is 2.57 bits per heavy atom. The van der Waals surface area contributed by atoms with Crippen molar-refractivity contribution in [2.45, 2.75) is 29.5 Å². The van der Waals surface area contributed by atoms with Gasteiger partial charge in [-0.2, -0.15) is 0 Å². The summed E-state index contributed by atoms with van der Waals surface area (Å²) in [6.45, 7) is 1.86. The molecule has 0 aliphatic rings. The Balaban J connectivity index is 2.00. The lowest BCUT2D eigenvalue weighted by atomic mass is 10.1. The van der Waals surface area contributed by atoms with Crippen LogP contribution in [0.2, 0.25) is 0 Å². The van der Waals surface area contributed by atoms with Crippen LogP contribution in [0, 0.1) is 0 Å². The van der Waals surface area contributed by atoms with Crippen molar-refractivity contribution in [1.29, 1.82) is 0 Å². The monoisotopic (exact) mass is 349 g/mol. The molecule has 0 aliphatic carbocycles. The van der Waals surface area contributed by atoms with Crippen LogP contribution in [0.25, 0.3) is 0 Å². The number of thioether (sulfide) groups is 1. The Hall–Kier alpha value is -1.79. The summed E-state index contributed by atoms with van der Waals surface area (Å²) in [5.74, 6) is -0.437. The van der Waals surface area contributed by atoms with E-state index < -0.39 is 0 Å². The zero-order valence-corrected chi connectivity index (χ0v) is 14.7. The molecule has 0 spiro atoms. The molecular weight excluding hydrogens is 330 g/mol. The highest BCUT2D eigenvalue weighted by Gasteiger charge is 2.23. The van der Waals surface area contributed by atoms with Gasteiger partial charge in [0.15, 0.2) is 0 Å². The number of rotatable bonds is 7. The molecule has 122 valence electrons. The fourth-order valence-corrected chi connectivity index (χ4v) is 3.68. The van der Waals surface area contributed by atoms with Crippen molar-refractivity contribution >= 4 is 35.0 Å². The van der Waals surface area contributed by atoms with Gasteiger partial charge >= 0.3 is 5.97 Å². The maximum atomic E-state index is 12.4. The van der Waals surface area contributed by atoms with Crippen molar-refractivity contribution in [3.63, 3.8) is 0 Å². The SMILES string of the molecule is COC(=O)CC(NC(=O)C(C)Sc1ccccc1)c1cccs1. The van der Waals surface area contributed by atoms with Gasteiger partial charge in [0.05, 0.1) is 24.8 Å². The van der Waals surface area contributed by atoms with Crippen LogP contribution in [-0.4, -0.2) is 24.2 Å². The van der Waals surface area contributed by atoms with Crippen LogP contribution < -0.4 is 5.32 Å². The molecule has 1 aromatic heterocycles. The number of hydrogen-bond donors (Lipinski definition) is 1. The number of carbonyl (C=O) groups excluding carboxylic acids is 2. The Morgan fingerprint density at radius 2 is 1.96 bits per heavy atom. The van der Waals surface area contributed by atoms with E-state index in [-0.39, 0.29) is 29.6 Å². The second-order valence-corrected chi connectivity index (χ2v) is 7.32. The van der Waals surface area contributed by atoms with Gasteiger partial charge in [0.25, 0.3) is 0 Å². The second kappa shape index (κ2) is 8.74. The lowest BCUT2D eigenvalue weighted by molar-refractivity contribution is -0.141. The lowest BCUT2D eigenvalue weighted by Gasteiger charge is -2.19. The molecule has 2 rings (SSSR count). The summed E-state index contributed by atoms with van der Waals surface area (Å²) in [4.78, 5) is 26.0. The molecule has 2 unspecified atom stereocenters. The van der Waals surface area contributed by atoms with Crippen LogP contribution in [0.1, 0.15) is 24.3 Å².